The first-order valence-electron chi connectivity index (χ1n) is 19.3. The van der Waals surface area contributed by atoms with Gasteiger partial charge in [-0.3, -0.25) is 4.79 Å². The van der Waals surface area contributed by atoms with Gasteiger partial charge >= 0.3 is 5.97 Å². The molecule has 1 unspecified atom stereocenters. The van der Waals surface area contributed by atoms with E-state index in [1.807, 2.05) is 49.4 Å². The quantitative estimate of drug-likeness (QED) is 0.0993. The molecule has 4 heterocycles. The molecule has 2 saturated heterocycles. The smallest absolute Gasteiger partial charge is 0.352 e. The maximum absolute atomic E-state index is 13.0. The van der Waals surface area contributed by atoms with E-state index < -0.39 is 5.97 Å². The summed E-state index contributed by atoms with van der Waals surface area (Å²) in [7, 11) is 0. The van der Waals surface area contributed by atoms with Crippen molar-refractivity contribution in [3.63, 3.8) is 0 Å². The van der Waals surface area contributed by atoms with E-state index >= 15 is 0 Å². The van der Waals surface area contributed by atoms with Crippen LogP contribution in [0.25, 0.3) is 21.8 Å². The second-order valence-corrected chi connectivity index (χ2v) is 15.3. The molecule has 1 saturated carbocycles. The van der Waals surface area contributed by atoms with Gasteiger partial charge < -0.3 is 44.8 Å². The molecule has 4 aromatic rings. The summed E-state index contributed by atoms with van der Waals surface area (Å²) in [5.41, 5.74) is 2.52. The second kappa shape index (κ2) is 20.4. The number of carboxylic acid groups (broad SMARTS) is 1. The van der Waals surface area contributed by atoms with Gasteiger partial charge in [-0.25, -0.2) is 4.79 Å². The van der Waals surface area contributed by atoms with Crippen molar-refractivity contribution in [1.82, 2.24) is 25.1 Å². The first-order valence-corrected chi connectivity index (χ1v) is 19.3. The maximum Gasteiger partial charge on any atom is 0.352 e. The number of ether oxygens (including phenoxy) is 2. The highest BCUT2D eigenvalue weighted by Gasteiger charge is 2.24. The molecule has 2 aromatic carbocycles. The van der Waals surface area contributed by atoms with E-state index in [0.29, 0.717) is 17.5 Å². The Morgan fingerprint density at radius 3 is 1.93 bits per heavy atom. The molecule has 1 aliphatic carbocycles. The fourth-order valence-electron chi connectivity index (χ4n) is 7.43. The normalized spacial score (nSPS) is 18.1. The Hall–Kier alpha value is -3.48. The van der Waals surface area contributed by atoms with Crippen molar-refractivity contribution in [1.29, 1.82) is 0 Å². The summed E-state index contributed by atoms with van der Waals surface area (Å²) in [5, 5.41) is 23.7. The molecule has 2 aliphatic heterocycles. The molecule has 7 rings (SSSR count). The molecular formula is C41H59Cl2N5O6. The highest BCUT2D eigenvalue weighted by molar-refractivity contribution is 6.00. The summed E-state index contributed by atoms with van der Waals surface area (Å²) in [4.78, 5) is 35.0. The van der Waals surface area contributed by atoms with Crippen LogP contribution in [0.3, 0.4) is 0 Å². The lowest BCUT2D eigenvalue weighted by Gasteiger charge is -2.35. The summed E-state index contributed by atoms with van der Waals surface area (Å²) in [6.07, 6.45) is 8.90. The number of aliphatic hydroxyl groups is 1. The van der Waals surface area contributed by atoms with Crippen molar-refractivity contribution >= 4 is 58.5 Å². The van der Waals surface area contributed by atoms with Crippen LogP contribution in [0.4, 0.5) is 0 Å². The third-order valence-corrected chi connectivity index (χ3v) is 11.1. The number of fused-ring (bicyclic) bond motifs is 2. The Bertz CT molecular complexity index is 1770. The van der Waals surface area contributed by atoms with E-state index in [-0.39, 0.29) is 54.7 Å². The number of benzene rings is 2. The lowest BCUT2D eigenvalue weighted by molar-refractivity contribution is 0.0691. The first-order chi connectivity index (χ1) is 25.1. The number of hydrogen-bond donors (Lipinski definition) is 5. The lowest BCUT2D eigenvalue weighted by Crippen LogP contribution is -2.47. The van der Waals surface area contributed by atoms with Gasteiger partial charge in [-0.15, -0.1) is 24.8 Å². The molecule has 3 aliphatic rings. The Morgan fingerprint density at radius 2 is 1.33 bits per heavy atom. The average molecular weight is 789 g/mol. The number of aromatic amines is 2. The third-order valence-electron chi connectivity index (χ3n) is 11.1. The van der Waals surface area contributed by atoms with E-state index in [0.717, 1.165) is 105 Å². The number of halogens is 2. The number of carboxylic acids is 1. The van der Waals surface area contributed by atoms with Crippen LogP contribution in [0.5, 0.6) is 11.5 Å². The molecule has 0 radical (unpaired) electrons. The molecule has 2 aromatic heterocycles. The summed E-state index contributed by atoms with van der Waals surface area (Å²) >= 11 is 0. The zero-order chi connectivity index (χ0) is 36.6. The number of piperidine rings is 2. The summed E-state index contributed by atoms with van der Waals surface area (Å²) in [6, 6.07) is 15.3. The van der Waals surface area contributed by atoms with Gasteiger partial charge in [0.2, 0.25) is 0 Å². The van der Waals surface area contributed by atoms with Crippen LogP contribution in [0, 0.1) is 11.8 Å². The standard InChI is InChI=1S/C27H40N4O3.C14H17NO3.2ClH/c32-22-10-14-31(15-11-22)17-16-30-12-8-21(9-13-30)28-27(33)25-18-23-24(29-25)6-3-7-26(23)34-19-20-4-1-2-5-20;1-8(2)9(3)18-13-6-4-5-11-10(13)7-12(15-11)14(16)17;;/h3,6-7,18,20-22,29,32H,1-2,4-5,8-17,19H2,(H,28,33);4-9,15H,1-3H3,(H,16,17);2*1H. The fraction of sp³-hybridized carbons (Fsp3) is 0.561. The SMILES string of the molecule is CC(C)C(C)Oc1cccc2[nH]c(C(=O)O)cc12.Cl.Cl.O=C(NC1CCN(CCN2CCC(O)CC2)CC1)c1cc2c(OCC3CCCC3)cccc2[nH]1. The highest BCUT2D eigenvalue weighted by atomic mass is 35.5. The third kappa shape index (κ3) is 11.5. The fourth-order valence-corrected chi connectivity index (χ4v) is 7.43. The molecule has 0 bridgehead atoms. The van der Waals surface area contributed by atoms with Crippen molar-refractivity contribution in [3.05, 3.63) is 59.9 Å². The number of carbonyl (C=O) groups is 2. The predicted molar refractivity (Wildman–Crippen MR) is 219 cm³/mol. The van der Waals surface area contributed by atoms with E-state index in [1.54, 1.807) is 6.07 Å². The molecule has 298 valence electrons. The van der Waals surface area contributed by atoms with Crippen LogP contribution in [-0.4, -0.2) is 106 Å². The zero-order valence-electron chi connectivity index (χ0n) is 31.9. The van der Waals surface area contributed by atoms with Crippen LogP contribution in [0.2, 0.25) is 0 Å². The van der Waals surface area contributed by atoms with Crippen molar-refractivity contribution in [2.75, 3.05) is 45.9 Å². The number of H-pyrrole nitrogens is 2. The molecule has 0 spiro atoms. The Kier molecular flexibility index (Phi) is 16.4. The van der Waals surface area contributed by atoms with Gasteiger partial charge in [-0.1, -0.05) is 38.8 Å². The van der Waals surface area contributed by atoms with E-state index in [1.165, 1.54) is 25.7 Å². The van der Waals surface area contributed by atoms with Crippen LogP contribution in [0.15, 0.2) is 48.5 Å². The lowest BCUT2D eigenvalue weighted by atomic mass is 10.0. The summed E-state index contributed by atoms with van der Waals surface area (Å²) in [5.74, 6) is 1.67. The number of aromatic nitrogens is 2. The predicted octanol–water partition coefficient (Wildman–Crippen LogP) is 7.52. The van der Waals surface area contributed by atoms with Crippen molar-refractivity contribution in [2.24, 2.45) is 11.8 Å². The van der Waals surface area contributed by atoms with Gasteiger partial charge in [0.1, 0.15) is 22.9 Å². The number of nitrogens with one attached hydrogen (secondary N) is 3. The second-order valence-electron chi connectivity index (χ2n) is 15.3. The largest absolute Gasteiger partial charge is 0.493 e. The highest BCUT2D eigenvalue weighted by Crippen LogP contribution is 2.31. The number of amides is 1. The first kappa shape index (κ1) is 43.3. The minimum Gasteiger partial charge on any atom is -0.493 e. The van der Waals surface area contributed by atoms with E-state index in [9.17, 15) is 14.7 Å². The van der Waals surface area contributed by atoms with Gasteiger partial charge in [0.05, 0.1) is 18.8 Å². The van der Waals surface area contributed by atoms with Gasteiger partial charge in [0.25, 0.3) is 5.91 Å². The average Bonchev–Trinajstić information content (AvgIpc) is 3.92. The van der Waals surface area contributed by atoms with Crippen molar-refractivity contribution in [3.8, 4) is 11.5 Å². The van der Waals surface area contributed by atoms with Crippen LogP contribution in [-0.2, 0) is 0 Å². The van der Waals surface area contributed by atoms with Gasteiger partial charge in [0.15, 0.2) is 0 Å². The molecule has 1 amide bonds. The Morgan fingerprint density at radius 1 is 0.796 bits per heavy atom. The molecule has 54 heavy (non-hydrogen) atoms. The van der Waals surface area contributed by atoms with Gasteiger partial charge in [-0.2, -0.15) is 0 Å². The number of hydrogen-bond acceptors (Lipinski definition) is 7. The Balaban J connectivity index is 0.000000277. The molecule has 11 nitrogen and oxygen atoms in total. The van der Waals surface area contributed by atoms with Crippen LogP contribution >= 0.6 is 24.8 Å². The molecule has 1 atom stereocenters. The minimum atomic E-state index is -0.964. The van der Waals surface area contributed by atoms with Crippen LogP contribution < -0.4 is 14.8 Å². The van der Waals surface area contributed by atoms with Crippen LogP contribution in [0.1, 0.15) is 93.1 Å². The molecular weight excluding hydrogens is 729 g/mol. The van der Waals surface area contributed by atoms with E-state index in [4.69, 9.17) is 14.6 Å². The number of rotatable bonds is 12. The number of carbonyl (C=O) groups excluding carboxylic acids is 1. The maximum atomic E-state index is 13.0. The van der Waals surface area contributed by atoms with Gasteiger partial charge in [0, 0.05) is 67.1 Å². The number of aliphatic hydroxyl groups excluding tert-OH is 1. The molecule has 5 N–H and O–H groups in total. The monoisotopic (exact) mass is 787 g/mol. The molecule has 3 fully saturated rings. The zero-order valence-corrected chi connectivity index (χ0v) is 33.5. The van der Waals surface area contributed by atoms with Crippen molar-refractivity contribution in [2.45, 2.75) is 90.4 Å². The Labute approximate surface area is 331 Å². The number of likely N-dealkylation sites (tertiary alicyclic amines) is 2. The van der Waals surface area contributed by atoms with Gasteiger partial charge in [-0.05, 0) is 93.7 Å². The summed E-state index contributed by atoms with van der Waals surface area (Å²) < 4.78 is 12.0. The number of nitrogens with zero attached hydrogens (tertiary/aromatic N) is 2. The van der Waals surface area contributed by atoms with Crippen molar-refractivity contribution < 1.29 is 29.3 Å². The summed E-state index contributed by atoms with van der Waals surface area (Å²) in [6.45, 7) is 13.2. The van der Waals surface area contributed by atoms with E-state index in [2.05, 4.69) is 38.9 Å². The topological polar surface area (TPSA) is 143 Å². The minimum absolute atomic E-state index is 0. The molecule has 13 heteroatoms. The number of aromatic carboxylic acids is 1.